The topological polar surface area (TPSA) is 101 Å². The van der Waals surface area contributed by atoms with E-state index in [1.807, 2.05) is 31.2 Å². The van der Waals surface area contributed by atoms with Crippen molar-refractivity contribution in [2.24, 2.45) is 0 Å². The molecule has 0 atom stereocenters. The quantitative estimate of drug-likeness (QED) is 0.519. The SMILES string of the molecule is Cc1ccc(Cn2c(=O)c3ccc(C(=O)NC4CCCCC4)cc3n3c(=O)[nH]nc23)cc1. The molecule has 1 aliphatic carbocycles. The molecular formula is C24H25N5O3. The van der Waals surface area contributed by atoms with Gasteiger partial charge in [0.1, 0.15) is 0 Å². The van der Waals surface area contributed by atoms with Crippen LogP contribution < -0.4 is 16.6 Å². The molecule has 2 aromatic carbocycles. The Morgan fingerprint density at radius 3 is 2.59 bits per heavy atom. The van der Waals surface area contributed by atoms with E-state index in [-0.39, 0.29) is 29.8 Å². The molecule has 164 valence electrons. The van der Waals surface area contributed by atoms with Gasteiger partial charge in [0.25, 0.3) is 11.5 Å². The number of nitrogens with one attached hydrogen (secondary N) is 2. The molecule has 8 nitrogen and oxygen atoms in total. The molecule has 8 heteroatoms. The first kappa shape index (κ1) is 20.2. The fraction of sp³-hybridized carbons (Fsp3) is 0.333. The van der Waals surface area contributed by atoms with E-state index in [0.717, 1.165) is 36.8 Å². The van der Waals surface area contributed by atoms with Crippen molar-refractivity contribution < 1.29 is 4.79 Å². The Balaban J connectivity index is 1.59. The number of rotatable bonds is 4. The summed E-state index contributed by atoms with van der Waals surface area (Å²) in [5.74, 6) is 0.0326. The lowest BCUT2D eigenvalue weighted by atomic mass is 9.95. The van der Waals surface area contributed by atoms with Crippen molar-refractivity contribution in [3.8, 4) is 0 Å². The molecule has 1 amide bonds. The number of carbonyl (C=O) groups is 1. The van der Waals surface area contributed by atoms with Crippen LogP contribution in [0.5, 0.6) is 0 Å². The third-order valence-corrected chi connectivity index (χ3v) is 6.27. The van der Waals surface area contributed by atoms with Crippen LogP contribution in [0.3, 0.4) is 0 Å². The summed E-state index contributed by atoms with van der Waals surface area (Å²) in [5.41, 5.74) is 2.14. The summed E-state index contributed by atoms with van der Waals surface area (Å²) in [4.78, 5) is 38.7. The van der Waals surface area contributed by atoms with Gasteiger partial charge in [-0.25, -0.2) is 14.3 Å². The maximum absolute atomic E-state index is 13.3. The van der Waals surface area contributed by atoms with Crippen LogP contribution in [0, 0.1) is 6.92 Å². The number of aromatic nitrogens is 4. The number of hydrogen-bond acceptors (Lipinski definition) is 4. The zero-order chi connectivity index (χ0) is 22.2. The van der Waals surface area contributed by atoms with E-state index in [0.29, 0.717) is 16.5 Å². The molecule has 0 bridgehead atoms. The number of fused-ring (bicyclic) bond motifs is 3. The first-order valence-corrected chi connectivity index (χ1v) is 11.0. The smallest absolute Gasteiger partial charge is 0.349 e. The van der Waals surface area contributed by atoms with E-state index in [1.165, 1.54) is 15.4 Å². The summed E-state index contributed by atoms with van der Waals surface area (Å²) in [6.45, 7) is 2.28. The van der Waals surface area contributed by atoms with Crippen LogP contribution in [0.1, 0.15) is 53.6 Å². The molecule has 4 aromatic rings. The molecular weight excluding hydrogens is 406 g/mol. The van der Waals surface area contributed by atoms with Crippen LogP contribution >= 0.6 is 0 Å². The van der Waals surface area contributed by atoms with Crippen LogP contribution in [-0.2, 0) is 6.54 Å². The number of benzene rings is 2. The van der Waals surface area contributed by atoms with E-state index in [9.17, 15) is 14.4 Å². The monoisotopic (exact) mass is 431 g/mol. The second-order valence-electron chi connectivity index (χ2n) is 8.58. The van der Waals surface area contributed by atoms with E-state index in [2.05, 4.69) is 15.5 Å². The number of H-pyrrole nitrogens is 1. The first-order valence-electron chi connectivity index (χ1n) is 11.0. The summed E-state index contributed by atoms with van der Waals surface area (Å²) in [6.07, 6.45) is 5.41. The molecule has 32 heavy (non-hydrogen) atoms. The lowest BCUT2D eigenvalue weighted by Crippen LogP contribution is -2.36. The normalized spacial score (nSPS) is 14.8. The summed E-state index contributed by atoms with van der Waals surface area (Å²) >= 11 is 0. The van der Waals surface area contributed by atoms with E-state index < -0.39 is 5.69 Å². The third kappa shape index (κ3) is 3.62. The lowest BCUT2D eigenvalue weighted by molar-refractivity contribution is 0.0928. The second-order valence-corrected chi connectivity index (χ2v) is 8.58. The van der Waals surface area contributed by atoms with Gasteiger partial charge in [-0.15, -0.1) is 5.10 Å². The standard InChI is InChI=1S/C24H25N5O3/c1-15-7-9-16(10-8-15)14-28-22(31)19-12-11-17(21(30)25-18-5-3-2-4-6-18)13-20(19)29-23(28)26-27-24(29)32/h7-13,18H,2-6,14H2,1H3,(H,25,30)(H,27,32). The molecule has 1 saturated carbocycles. The van der Waals surface area contributed by atoms with Crippen molar-refractivity contribution in [1.29, 1.82) is 0 Å². The molecule has 0 saturated heterocycles. The van der Waals surface area contributed by atoms with Gasteiger partial charge in [0.15, 0.2) is 0 Å². The van der Waals surface area contributed by atoms with E-state index in [4.69, 9.17) is 0 Å². The van der Waals surface area contributed by atoms with Crippen molar-refractivity contribution in [1.82, 2.24) is 24.5 Å². The van der Waals surface area contributed by atoms with Crippen molar-refractivity contribution in [2.75, 3.05) is 0 Å². The summed E-state index contributed by atoms with van der Waals surface area (Å²) in [7, 11) is 0. The predicted molar refractivity (Wildman–Crippen MR) is 122 cm³/mol. The minimum atomic E-state index is -0.451. The maximum Gasteiger partial charge on any atom is 0.349 e. The van der Waals surface area contributed by atoms with Gasteiger partial charge in [0.2, 0.25) is 5.78 Å². The molecule has 5 rings (SSSR count). The molecule has 1 fully saturated rings. The van der Waals surface area contributed by atoms with Gasteiger partial charge in [0.05, 0.1) is 17.4 Å². The number of aromatic amines is 1. The number of aryl methyl sites for hydroxylation is 1. The van der Waals surface area contributed by atoms with Gasteiger partial charge in [0, 0.05) is 11.6 Å². The molecule has 1 aliphatic rings. The van der Waals surface area contributed by atoms with E-state index in [1.54, 1.807) is 18.2 Å². The molecule has 2 aromatic heterocycles. The van der Waals surface area contributed by atoms with Gasteiger partial charge >= 0.3 is 5.69 Å². The zero-order valence-corrected chi connectivity index (χ0v) is 17.9. The largest absolute Gasteiger partial charge is 0.349 e. The molecule has 2 N–H and O–H groups in total. The Kier molecular flexibility index (Phi) is 5.13. The Bertz CT molecular complexity index is 1420. The highest BCUT2D eigenvalue weighted by Gasteiger charge is 2.19. The number of carbonyl (C=O) groups excluding carboxylic acids is 1. The van der Waals surface area contributed by atoms with Gasteiger partial charge in [-0.3, -0.25) is 14.2 Å². The third-order valence-electron chi connectivity index (χ3n) is 6.27. The minimum absolute atomic E-state index is 0.172. The Morgan fingerprint density at radius 2 is 1.84 bits per heavy atom. The second kappa shape index (κ2) is 8.11. The Labute approximate surface area is 183 Å². The Hall–Kier alpha value is -3.68. The fourth-order valence-electron chi connectivity index (χ4n) is 4.50. The molecule has 0 spiro atoms. The molecule has 0 unspecified atom stereocenters. The van der Waals surface area contributed by atoms with E-state index >= 15 is 0 Å². The average Bonchev–Trinajstić information content (AvgIpc) is 3.19. The molecule has 2 heterocycles. The lowest BCUT2D eigenvalue weighted by Gasteiger charge is -2.22. The van der Waals surface area contributed by atoms with Crippen molar-refractivity contribution in [2.45, 2.75) is 51.6 Å². The molecule has 0 aliphatic heterocycles. The zero-order valence-electron chi connectivity index (χ0n) is 17.9. The van der Waals surface area contributed by atoms with Crippen LogP contribution in [0.4, 0.5) is 0 Å². The average molecular weight is 431 g/mol. The highest BCUT2D eigenvalue weighted by atomic mass is 16.2. The van der Waals surface area contributed by atoms with Crippen LogP contribution in [0.2, 0.25) is 0 Å². The number of amides is 1. The van der Waals surface area contributed by atoms with Gasteiger partial charge < -0.3 is 5.32 Å². The highest BCUT2D eigenvalue weighted by molar-refractivity contribution is 5.98. The van der Waals surface area contributed by atoms with Crippen molar-refractivity contribution in [3.63, 3.8) is 0 Å². The van der Waals surface area contributed by atoms with Crippen molar-refractivity contribution >= 4 is 22.6 Å². The summed E-state index contributed by atoms with van der Waals surface area (Å²) in [5, 5.41) is 9.99. The fourth-order valence-corrected chi connectivity index (χ4v) is 4.50. The molecule has 0 radical (unpaired) electrons. The number of hydrogen-bond donors (Lipinski definition) is 2. The summed E-state index contributed by atoms with van der Waals surface area (Å²) < 4.78 is 2.84. The number of nitrogens with zero attached hydrogens (tertiary/aromatic N) is 3. The summed E-state index contributed by atoms with van der Waals surface area (Å²) in [6, 6.07) is 12.9. The maximum atomic E-state index is 13.3. The minimum Gasteiger partial charge on any atom is -0.349 e. The van der Waals surface area contributed by atoms with Gasteiger partial charge in [-0.05, 0) is 43.5 Å². The van der Waals surface area contributed by atoms with Crippen LogP contribution in [-0.4, -0.2) is 31.1 Å². The van der Waals surface area contributed by atoms with Gasteiger partial charge in [-0.1, -0.05) is 49.1 Å². The first-order chi connectivity index (χ1) is 15.5. The van der Waals surface area contributed by atoms with Crippen LogP contribution in [0.15, 0.2) is 52.1 Å². The predicted octanol–water partition coefficient (Wildman–Crippen LogP) is 2.76. The van der Waals surface area contributed by atoms with Gasteiger partial charge in [-0.2, -0.15) is 0 Å². The Morgan fingerprint density at radius 1 is 1.09 bits per heavy atom. The highest BCUT2D eigenvalue weighted by Crippen LogP contribution is 2.19. The van der Waals surface area contributed by atoms with Crippen LogP contribution in [0.25, 0.3) is 16.7 Å². The van der Waals surface area contributed by atoms with Crippen molar-refractivity contribution in [3.05, 3.63) is 80.0 Å².